The van der Waals surface area contributed by atoms with Gasteiger partial charge in [-0.3, -0.25) is 9.69 Å². The normalized spacial score (nSPS) is 14.9. The fourth-order valence-corrected chi connectivity index (χ4v) is 1.94. The van der Waals surface area contributed by atoms with E-state index in [2.05, 4.69) is 5.32 Å². The maximum absolute atomic E-state index is 11.2. The molecule has 1 amide bonds. The Balaban J connectivity index is 1.85. The molecule has 1 heterocycles. The van der Waals surface area contributed by atoms with Crippen molar-refractivity contribution in [2.45, 2.75) is 0 Å². The van der Waals surface area contributed by atoms with Gasteiger partial charge in [0.15, 0.2) is 5.82 Å². The van der Waals surface area contributed by atoms with E-state index in [1.807, 2.05) is 54.6 Å². The molecule has 2 aromatic carbocycles. The Morgan fingerprint density at radius 3 is 2.53 bits per heavy atom. The summed E-state index contributed by atoms with van der Waals surface area (Å²) < 4.78 is 5.53. The van der Waals surface area contributed by atoms with Gasteiger partial charge in [-0.1, -0.05) is 30.3 Å². The molecule has 4 nitrogen and oxygen atoms in total. The van der Waals surface area contributed by atoms with Crippen LogP contribution in [0.5, 0.6) is 5.75 Å². The number of hydrogen-bond acceptors (Lipinski definition) is 3. The van der Waals surface area contributed by atoms with Crippen LogP contribution in [-0.4, -0.2) is 6.41 Å². The summed E-state index contributed by atoms with van der Waals surface area (Å²) in [6, 6.07) is 17.0. The highest BCUT2D eigenvalue weighted by atomic mass is 16.5. The molecule has 0 radical (unpaired) electrons. The van der Waals surface area contributed by atoms with Gasteiger partial charge in [0.25, 0.3) is 0 Å². The third-order valence-electron chi connectivity index (χ3n) is 2.84. The summed E-state index contributed by atoms with van der Waals surface area (Å²) in [5.41, 5.74) is 1.71. The van der Waals surface area contributed by atoms with Crippen molar-refractivity contribution in [3.8, 4) is 5.75 Å². The summed E-state index contributed by atoms with van der Waals surface area (Å²) in [6.07, 6.45) is 2.29. The molecule has 1 aliphatic rings. The van der Waals surface area contributed by atoms with E-state index >= 15 is 0 Å². The molecule has 94 valence electrons. The quantitative estimate of drug-likeness (QED) is 0.674. The number of nitrogens with zero attached hydrogens (tertiary/aromatic N) is 1. The van der Waals surface area contributed by atoms with Crippen LogP contribution in [0.2, 0.25) is 0 Å². The number of carbonyl (C=O) groups is 1. The van der Waals surface area contributed by atoms with Crippen LogP contribution in [0.1, 0.15) is 0 Å². The molecular weight excluding hydrogens is 240 g/mol. The van der Waals surface area contributed by atoms with Gasteiger partial charge < -0.3 is 10.1 Å². The molecule has 0 spiro atoms. The van der Waals surface area contributed by atoms with E-state index < -0.39 is 0 Å². The van der Waals surface area contributed by atoms with Crippen LogP contribution < -0.4 is 15.0 Å². The lowest BCUT2D eigenvalue weighted by atomic mass is 10.3. The van der Waals surface area contributed by atoms with Crippen LogP contribution in [-0.2, 0) is 4.79 Å². The zero-order valence-electron chi connectivity index (χ0n) is 10.1. The van der Waals surface area contributed by atoms with E-state index in [-0.39, 0.29) is 0 Å². The van der Waals surface area contributed by atoms with Gasteiger partial charge in [-0.15, -0.1) is 0 Å². The summed E-state index contributed by atoms with van der Waals surface area (Å²) in [7, 11) is 0. The SMILES string of the molecule is O=CN1C(=COc2ccccc2)Nc2ccccc21. The Morgan fingerprint density at radius 2 is 1.74 bits per heavy atom. The molecule has 3 rings (SSSR count). The summed E-state index contributed by atoms with van der Waals surface area (Å²) in [6.45, 7) is 0. The van der Waals surface area contributed by atoms with E-state index in [1.54, 1.807) is 0 Å². The van der Waals surface area contributed by atoms with E-state index in [0.717, 1.165) is 23.5 Å². The number of benzene rings is 2. The van der Waals surface area contributed by atoms with Gasteiger partial charge >= 0.3 is 0 Å². The lowest BCUT2D eigenvalue weighted by Gasteiger charge is -2.10. The second-order valence-electron chi connectivity index (χ2n) is 4.05. The average molecular weight is 252 g/mol. The van der Waals surface area contributed by atoms with Crippen molar-refractivity contribution in [1.82, 2.24) is 0 Å². The zero-order chi connectivity index (χ0) is 13.1. The summed E-state index contributed by atoms with van der Waals surface area (Å²) in [4.78, 5) is 12.7. The number of carbonyl (C=O) groups excluding carboxylic acids is 1. The number of anilines is 2. The lowest BCUT2D eigenvalue weighted by Crippen LogP contribution is -2.19. The molecule has 1 N–H and O–H groups in total. The van der Waals surface area contributed by atoms with E-state index in [0.29, 0.717) is 5.82 Å². The molecule has 0 aromatic heterocycles. The Kier molecular flexibility index (Phi) is 2.90. The second-order valence-corrected chi connectivity index (χ2v) is 4.05. The van der Waals surface area contributed by atoms with E-state index in [4.69, 9.17) is 4.74 Å². The Hall–Kier alpha value is -2.75. The minimum absolute atomic E-state index is 0.597. The Labute approximate surface area is 110 Å². The van der Waals surface area contributed by atoms with Gasteiger partial charge in [-0.05, 0) is 24.3 Å². The number of ether oxygens (including phenoxy) is 1. The third-order valence-corrected chi connectivity index (χ3v) is 2.84. The first kappa shape index (κ1) is 11.3. The van der Waals surface area contributed by atoms with Gasteiger partial charge in [0.1, 0.15) is 12.0 Å². The number of rotatable bonds is 3. The fraction of sp³-hybridized carbons (Fsp3) is 0. The van der Waals surface area contributed by atoms with Crippen molar-refractivity contribution >= 4 is 17.8 Å². The van der Waals surface area contributed by atoms with Crippen molar-refractivity contribution in [3.05, 3.63) is 66.7 Å². The van der Waals surface area contributed by atoms with Crippen molar-refractivity contribution in [1.29, 1.82) is 0 Å². The molecule has 0 atom stereocenters. The zero-order valence-corrected chi connectivity index (χ0v) is 10.1. The molecular formula is C15H12N2O2. The standard InChI is InChI=1S/C15H12N2O2/c18-11-17-14-9-5-4-8-13(14)16-15(17)10-19-12-6-2-1-3-7-12/h1-11,16H. The van der Waals surface area contributed by atoms with Crippen LogP contribution in [0.3, 0.4) is 0 Å². The summed E-state index contributed by atoms with van der Waals surface area (Å²) in [5, 5.41) is 3.14. The smallest absolute Gasteiger partial charge is 0.220 e. The topological polar surface area (TPSA) is 41.6 Å². The maximum atomic E-state index is 11.2. The van der Waals surface area contributed by atoms with Gasteiger partial charge in [-0.25, -0.2) is 0 Å². The summed E-state index contributed by atoms with van der Waals surface area (Å²) >= 11 is 0. The van der Waals surface area contributed by atoms with Gasteiger partial charge in [0.05, 0.1) is 11.4 Å². The predicted octanol–water partition coefficient (Wildman–Crippen LogP) is 2.95. The van der Waals surface area contributed by atoms with Crippen LogP contribution in [0.15, 0.2) is 66.7 Å². The van der Waals surface area contributed by atoms with Crippen molar-refractivity contribution in [2.75, 3.05) is 10.2 Å². The van der Waals surface area contributed by atoms with Gasteiger partial charge in [-0.2, -0.15) is 0 Å². The first-order valence-electron chi connectivity index (χ1n) is 5.91. The molecule has 4 heteroatoms. The van der Waals surface area contributed by atoms with Crippen LogP contribution in [0, 0.1) is 0 Å². The number of nitrogens with one attached hydrogen (secondary N) is 1. The molecule has 2 aromatic rings. The average Bonchev–Trinajstić information content (AvgIpc) is 2.83. The van der Waals surface area contributed by atoms with E-state index in [9.17, 15) is 4.79 Å². The van der Waals surface area contributed by atoms with Crippen LogP contribution >= 0.6 is 0 Å². The first-order chi connectivity index (χ1) is 9.38. The molecule has 19 heavy (non-hydrogen) atoms. The summed E-state index contributed by atoms with van der Waals surface area (Å²) in [5.74, 6) is 1.32. The molecule has 1 aliphatic heterocycles. The second kappa shape index (κ2) is 4.86. The Morgan fingerprint density at radius 1 is 1.00 bits per heavy atom. The maximum Gasteiger partial charge on any atom is 0.220 e. The number of para-hydroxylation sites is 3. The fourth-order valence-electron chi connectivity index (χ4n) is 1.94. The van der Waals surface area contributed by atoms with Crippen LogP contribution in [0.25, 0.3) is 0 Å². The highest BCUT2D eigenvalue weighted by Crippen LogP contribution is 2.34. The number of amides is 1. The minimum atomic E-state index is 0.597. The first-order valence-corrected chi connectivity index (χ1v) is 5.91. The molecule has 0 saturated heterocycles. The highest BCUT2D eigenvalue weighted by molar-refractivity contribution is 5.93. The van der Waals surface area contributed by atoms with Crippen molar-refractivity contribution in [3.63, 3.8) is 0 Å². The Bertz CT molecular complexity index is 623. The molecule has 0 fully saturated rings. The van der Waals surface area contributed by atoms with Crippen LogP contribution in [0.4, 0.5) is 11.4 Å². The molecule has 0 bridgehead atoms. The monoisotopic (exact) mass is 252 g/mol. The molecule has 0 saturated carbocycles. The number of fused-ring (bicyclic) bond motifs is 1. The van der Waals surface area contributed by atoms with Gasteiger partial charge in [0.2, 0.25) is 6.41 Å². The molecule has 0 aliphatic carbocycles. The lowest BCUT2D eigenvalue weighted by molar-refractivity contribution is -0.107. The van der Waals surface area contributed by atoms with Crippen molar-refractivity contribution in [2.24, 2.45) is 0 Å². The number of hydrogen-bond donors (Lipinski definition) is 1. The minimum Gasteiger partial charge on any atom is -0.461 e. The van der Waals surface area contributed by atoms with Crippen molar-refractivity contribution < 1.29 is 9.53 Å². The predicted molar refractivity (Wildman–Crippen MR) is 73.8 cm³/mol. The van der Waals surface area contributed by atoms with Gasteiger partial charge in [0, 0.05) is 0 Å². The van der Waals surface area contributed by atoms with E-state index in [1.165, 1.54) is 11.2 Å². The molecule has 0 unspecified atom stereocenters. The largest absolute Gasteiger partial charge is 0.461 e. The third kappa shape index (κ3) is 2.15. The highest BCUT2D eigenvalue weighted by Gasteiger charge is 2.23.